The predicted octanol–water partition coefficient (Wildman–Crippen LogP) is 1.17. The molecule has 0 aromatic heterocycles. The Morgan fingerprint density at radius 2 is 2.24 bits per heavy atom. The average molecular weight is 236 g/mol. The van der Waals surface area contributed by atoms with Crippen LogP contribution in [0.3, 0.4) is 0 Å². The van der Waals surface area contributed by atoms with Gasteiger partial charge in [-0.1, -0.05) is 17.3 Å². The topological polar surface area (TPSA) is 102 Å². The summed E-state index contributed by atoms with van der Waals surface area (Å²) in [6.07, 6.45) is -1.04. The zero-order chi connectivity index (χ0) is 12.4. The monoisotopic (exact) mass is 236 g/mol. The highest BCUT2D eigenvalue weighted by Crippen LogP contribution is 2.24. The summed E-state index contributed by atoms with van der Waals surface area (Å²) in [7, 11) is 0. The van der Waals surface area contributed by atoms with E-state index < -0.39 is 17.0 Å². The van der Waals surface area contributed by atoms with E-state index in [1.54, 1.807) is 6.07 Å². The molecule has 0 unspecified atom stereocenters. The number of hydrogen-bond acceptors (Lipinski definition) is 5. The van der Waals surface area contributed by atoms with Gasteiger partial charge in [-0.25, -0.2) is 4.79 Å². The second-order valence-corrected chi connectivity index (χ2v) is 3.45. The molecule has 0 radical (unpaired) electrons. The second kappa shape index (κ2) is 4.20. The number of nitrogens with zero attached hydrogens (tertiary/aromatic N) is 2. The van der Waals surface area contributed by atoms with Gasteiger partial charge in [0.1, 0.15) is 0 Å². The van der Waals surface area contributed by atoms with Crippen LogP contribution in [0.1, 0.15) is 12.0 Å². The summed E-state index contributed by atoms with van der Waals surface area (Å²) in [5.41, 5.74) is 0.465. The molecule has 1 aromatic rings. The summed E-state index contributed by atoms with van der Waals surface area (Å²) in [6.45, 7) is 0. The quantitative estimate of drug-likeness (QED) is 0.626. The first kappa shape index (κ1) is 11.1. The van der Waals surface area contributed by atoms with E-state index in [-0.39, 0.29) is 17.8 Å². The summed E-state index contributed by atoms with van der Waals surface area (Å²) < 4.78 is 0. The van der Waals surface area contributed by atoms with Crippen LogP contribution in [0.5, 0.6) is 0 Å². The predicted molar refractivity (Wildman–Crippen MR) is 56.8 cm³/mol. The van der Waals surface area contributed by atoms with Crippen molar-refractivity contribution in [1.82, 2.24) is 0 Å². The number of carbonyl (C=O) groups is 1. The minimum Gasteiger partial charge on any atom is -0.478 e. The highest BCUT2D eigenvalue weighted by atomic mass is 16.7. The minimum absolute atomic E-state index is 0.0280. The van der Waals surface area contributed by atoms with E-state index in [4.69, 9.17) is 5.11 Å². The van der Waals surface area contributed by atoms with E-state index in [1.165, 1.54) is 18.2 Å². The third kappa shape index (κ3) is 2.07. The molecule has 88 valence electrons. The van der Waals surface area contributed by atoms with Gasteiger partial charge in [0, 0.05) is 12.5 Å². The van der Waals surface area contributed by atoms with Gasteiger partial charge in [0.2, 0.25) is 6.10 Å². The fraction of sp³-hybridized carbons (Fsp3) is 0.200. The number of benzene rings is 1. The van der Waals surface area contributed by atoms with Crippen LogP contribution < -0.4 is 0 Å². The Morgan fingerprint density at radius 1 is 1.53 bits per heavy atom. The van der Waals surface area contributed by atoms with Crippen molar-refractivity contribution in [2.24, 2.45) is 5.16 Å². The number of carboxylic acid groups (broad SMARTS) is 1. The molecule has 1 N–H and O–H groups in total. The lowest BCUT2D eigenvalue weighted by Crippen LogP contribution is -2.20. The first-order valence-electron chi connectivity index (χ1n) is 4.79. The molecule has 1 aliphatic heterocycles. The van der Waals surface area contributed by atoms with Crippen molar-refractivity contribution >= 4 is 17.4 Å². The first-order valence-corrected chi connectivity index (χ1v) is 4.79. The van der Waals surface area contributed by atoms with Gasteiger partial charge >= 0.3 is 5.97 Å². The van der Waals surface area contributed by atoms with Crippen molar-refractivity contribution in [3.05, 3.63) is 39.9 Å². The lowest BCUT2D eigenvalue weighted by Gasteiger charge is -2.01. The Kier molecular flexibility index (Phi) is 2.73. The number of rotatable bonds is 3. The number of para-hydroxylation sites is 1. The molecule has 7 nitrogen and oxygen atoms in total. The summed E-state index contributed by atoms with van der Waals surface area (Å²) in [4.78, 5) is 25.6. The molecule has 0 bridgehead atoms. The molecule has 0 amide bonds. The largest absolute Gasteiger partial charge is 0.478 e. The smallest absolute Gasteiger partial charge is 0.348 e. The Labute approximate surface area is 95.5 Å². The molecule has 0 saturated heterocycles. The number of hydrogen-bond donors (Lipinski definition) is 1. The van der Waals surface area contributed by atoms with E-state index in [9.17, 15) is 14.9 Å². The van der Waals surface area contributed by atoms with E-state index in [1.807, 2.05) is 0 Å². The molecule has 2 rings (SSSR count). The standard InChI is InChI=1S/C10H8N2O5/c13-10(14)9-5-7(11-17-9)6-3-1-2-4-8(6)12(15)16/h1-4,9H,5H2,(H,13,14)/t9-/m0/s1. The molecule has 0 spiro atoms. The van der Waals surface area contributed by atoms with E-state index in [0.717, 1.165) is 0 Å². The van der Waals surface area contributed by atoms with Crippen LogP contribution in [0.2, 0.25) is 0 Å². The van der Waals surface area contributed by atoms with E-state index in [2.05, 4.69) is 9.99 Å². The molecule has 0 fully saturated rings. The Morgan fingerprint density at radius 3 is 2.82 bits per heavy atom. The van der Waals surface area contributed by atoms with Gasteiger partial charge in [-0.05, 0) is 6.07 Å². The van der Waals surface area contributed by atoms with Crippen molar-refractivity contribution in [1.29, 1.82) is 0 Å². The van der Waals surface area contributed by atoms with E-state index in [0.29, 0.717) is 5.56 Å². The Bertz CT molecular complexity index is 511. The van der Waals surface area contributed by atoms with Crippen LogP contribution in [0, 0.1) is 10.1 Å². The van der Waals surface area contributed by atoms with Gasteiger partial charge in [-0.2, -0.15) is 0 Å². The maximum absolute atomic E-state index is 10.8. The van der Waals surface area contributed by atoms with Gasteiger partial charge in [0.05, 0.1) is 16.2 Å². The van der Waals surface area contributed by atoms with Gasteiger partial charge in [0.15, 0.2) is 0 Å². The van der Waals surface area contributed by atoms with Gasteiger partial charge < -0.3 is 9.94 Å². The van der Waals surface area contributed by atoms with Crippen molar-refractivity contribution in [2.75, 3.05) is 0 Å². The van der Waals surface area contributed by atoms with Crippen LogP contribution in [-0.2, 0) is 9.63 Å². The zero-order valence-electron chi connectivity index (χ0n) is 8.57. The Balaban J connectivity index is 2.31. The lowest BCUT2D eigenvalue weighted by molar-refractivity contribution is -0.385. The van der Waals surface area contributed by atoms with Crippen LogP contribution in [0.15, 0.2) is 29.4 Å². The molecule has 0 saturated carbocycles. The van der Waals surface area contributed by atoms with Gasteiger partial charge in [-0.15, -0.1) is 0 Å². The van der Waals surface area contributed by atoms with Crippen LogP contribution >= 0.6 is 0 Å². The third-order valence-corrected chi connectivity index (χ3v) is 2.36. The molecule has 1 aromatic carbocycles. The van der Waals surface area contributed by atoms with Gasteiger partial charge in [-0.3, -0.25) is 10.1 Å². The number of aliphatic carboxylic acids is 1. The molecule has 17 heavy (non-hydrogen) atoms. The number of nitro groups is 1. The SMILES string of the molecule is O=C(O)[C@@H]1CC(c2ccccc2[N+](=O)[O-])=NO1. The van der Waals surface area contributed by atoms with Crippen LogP contribution in [0.4, 0.5) is 5.69 Å². The number of oxime groups is 1. The third-order valence-electron chi connectivity index (χ3n) is 2.36. The summed E-state index contributed by atoms with van der Waals surface area (Å²) in [5, 5.41) is 23.1. The minimum atomic E-state index is -1.14. The van der Waals surface area contributed by atoms with Gasteiger partial charge in [0.25, 0.3) is 5.69 Å². The summed E-state index contributed by atoms with van der Waals surface area (Å²) in [6, 6.07) is 6.02. The Hall–Kier alpha value is -2.44. The lowest BCUT2D eigenvalue weighted by atomic mass is 10.0. The molecule has 0 aliphatic carbocycles. The van der Waals surface area contributed by atoms with Crippen LogP contribution in [-0.4, -0.2) is 27.8 Å². The zero-order valence-corrected chi connectivity index (χ0v) is 8.57. The number of carboxylic acids is 1. The molecule has 1 heterocycles. The van der Waals surface area contributed by atoms with Crippen molar-refractivity contribution < 1.29 is 19.7 Å². The maximum Gasteiger partial charge on any atom is 0.348 e. The van der Waals surface area contributed by atoms with Crippen LogP contribution in [0.25, 0.3) is 0 Å². The number of nitro benzene ring substituents is 1. The first-order chi connectivity index (χ1) is 8.09. The molecular weight excluding hydrogens is 228 g/mol. The van der Waals surface area contributed by atoms with Crippen molar-refractivity contribution in [3.63, 3.8) is 0 Å². The van der Waals surface area contributed by atoms with E-state index >= 15 is 0 Å². The average Bonchev–Trinajstić information content (AvgIpc) is 2.78. The fourth-order valence-electron chi connectivity index (χ4n) is 1.55. The molecular formula is C10H8N2O5. The highest BCUT2D eigenvalue weighted by Gasteiger charge is 2.31. The molecule has 7 heteroatoms. The maximum atomic E-state index is 10.8. The normalized spacial score (nSPS) is 18.4. The second-order valence-electron chi connectivity index (χ2n) is 3.45. The van der Waals surface area contributed by atoms with Crippen molar-refractivity contribution in [2.45, 2.75) is 12.5 Å². The molecule has 1 aliphatic rings. The van der Waals surface area contributed by atoms with Crippen molar-refractivity contribution in [3.8, 4) is 0 Å². The highest BCUT2D eigenvalue weighted by molar-refractivity contribution is 6.06. The summed E-state index contributed by atoms with van der Waals surface area (Å²) in [5.74, 6) is -1.14. The summed E-state index contributed by atoms with van der Waals surface area (Å²) >= 11 is 0. The fourth-order valence-corrected chi connectivity index (χ4v) is 1.55. The molecule has 1 atom stereocenters.